The number of nitrogens with zero attached hydrogens (tertiary/aromatic N) is 1. The third kappa shape index (κ3) is 2.68. The Balaban J connectivity index is 2.30. The fraction of sp³-hybridized carbons (Fsp3) is 0. The standard InChI is InChI=1S/C13H10ClN3/c14-10-1-6-13(9(7-10)8-15)17-12-4-2-11(16)3-5-12/h1-7,17H,16H2. The molecular formula is C13H10ClN3. The van der Waals surface area contributed by atoms with Crippen molar-refractivity contribution in [2.24, 2.45) is 0 Å². The zero-order valence-electron chi connectivity index (χ0n) is 8.94. The Kier molecular flexibility index (Phi) is 3.17. The summed E-state index contributed by atoms with van der Waals surface area (Å²) in [4.78, 5) is 0. The number of halogens is 1. The van der Waals surface area contributed by atoms with E-state index in [2.05, 4.69) is 11.4 Å². The van der Waals surface area contributed by atoms with Gasteiger partial charge in [-0.2, -0.15) is 5.26 Å². The van der Waals surface area contributed by atoms with Crippen molar-refractivity contribution in [2.75, 3.05) is 11.1 Å². The summed E-state index contributed by atoms with van der Waals surface area (Å²) < 4.78 is 0. The number of benzene rings is 2. The third-order valence-corrected chi connectivity index (χ3v) is 2.53. The van der Waals surface area contributed by atoms with Gasteiger partial charge in [-0.15, -0.1) is 0 Å². The van der Waals surface area contributed by atoms with Gasteiger partial charge in [0.1, 0.15) is 6.07 Å². The fourth-order valence-electron chi connectivity index (χ4n) is 1.44. The van der Waals surface area contributed by atoms with Crippen LogP contribution < -0.4 is 11.1 Å². The van der Waals surface area contributed by atoms with Crippen molar-refractivity contribution in [1.82, 2.24) is 0 Å². The number of nitrogens with one attached hydrogen (secondary N) is 1. The SMILES string of the molecule is N#Cc1cc(Cl)ccc1Nc1ccc(N)cc1. The summed E-state index contributed by atoms with van der Waals surface area (Å²) in [5, 5.41) is 12.7. The van der Waals surface area contributed by atoms with Gasteiger partial charge in [0.15, 0.2) is 0 Å². The van der Waals surface area contributed by atoms with Crippen molar-refractivity contribution in [3.63, 3.8) is 0 Å². The van der Waals surface area contributed by atoms with Gasteiger partial charge in [-0.25, -0.2) is 0 Å². The molecule has 0 unspecified atom stereocenters. The van der Waals surface area contributed by atoms with Crippen LogP contribution in [0.25, 0.3) is 0 Å². The second kappa shape index (κ2) is 4.77. The Bertz CT molecular complexity index is 570. The quantitative estimate of drug-likeness (QED) is 0.793. The summed E-state index contributed by atoms with van der Waals surface area (Å²) in [7, 11) is 0. The maximum absolute atomic E-state index is 9.00. The van der Waals surface area contributed by atoms with E-state index < -0.39 is 0 Å². The Morgan fingerprint density at radius 1 is 1.12 bits per heavy atom. The van der Waals surface area contributed by atoms with Gasteiger partial charge < -0.3 is 11.1 Å². The number of nitrogen functional groups attached to an aromatic ring is 1. The molecule has 0 bridgehead atoms. The lowest BCUT2D eigenvalue weighted by Crippen LogP contribution is -1.94. The molecule has 2 rings (SSSR count). The maximum Gasteiger partial charge on any atom is 0.101 e. The number of rotatable bonds is 2. The molecule has 0 aliphatic heterocycles. The fourth-order valence-corrected chi connectivity index (χ4v) is 1.61. The predicted molar refractivity (Wildman–Crippen MR) is 70.3 cm³/mol. The monoisotopic (exact) mass is 243 g/mol. The van der Waals surface area contributed by atoms with E-state index in [0.29, 0.717) is 16.3 Å². The highest BCUT2D eigenvalue weighted by Gasteiger charge is 2.03. The van der Waals surface area contributed by atoms with Crippen LogP contribution in [-0.2, 0) is 0 Å². The summed E-state index contributed by atoms with van der Waals surface area (Å²) in [5.41, 5.74) is 8.41. The molecule has 0 atom stereocenters. The first kappa shape index (κ1) is 11.3. The summed E-state index contributed by atoms with van der Waals surface area (Å²) in [6, 6.07) is 14.5. The summed E-state index contributed by atoms with van der Waals surface area (Å²) >= 11 is 5.82. The van der Waals surface area contributed by atoms with Crippen LogP contribution >= 0.6 is 11.6 Å². The first-order valence-corrected chi connectivity index (χ1v) is 5.39. The van der Waals surface area contributed by atoms with Gasteiger partial charge in [0, 0.05) is 16.4 Å². The smallest absolute Gasteiger partial charge is 0.101 e. The molecule has 0 amide bonds. The van der Waals surface area contributed by atoms with Crippen LogP contribution in [0.15, 0.2) is 42.5 Å². The second-order valence-electron chi connectivity index (χ2n) is 3.55. The maximum atomic E-state index is 9.00. The topological polar surface area (TPSA) is 61.8 Å². The third-order valence-electron chi connectivity index (χ3n) is 2.29. The Morgan fingerprint density at radius 2 is 1.82 bits per heavy atom. The molecular weight excluding hydrogens is 234 g/mol. The van der Waals surface area contributed by atoms with E-state index in [-0.39, 0.29) is 0 Å². The number of anilines is 3. The van der Waals surface area contributed by atoms with Crippen molar-refractivity contribution in [3.8, 4) is 6.07 Å². The number of hydrogen-bond donors (Lipinski definition) is 2. The van der Waals surface area contributed by atoms with Crippen molar-refractivity contribution < 1.29 is 0 Å². The van der Waals surface area contributed by atoms with Gasteiger partial charge in [0.2, 0.25) is 0 Å². The van der Waals surface area contributed by atoms with Gasteiger partial charge >= 0.3 is 0 Å². The van der Waals surface area contributed by atoms with Gasteiger partial charge in [-0.1, -0.05) is 11.6 Å². The van der Waals surface area contributed by atoms with Crippen LogP contribution in [0, 0.1) is 11.3 Å². The highest BCUT2D eigenvalue weighted by molar-refractivity contribution is 6.30. The molecule has 3 nitrogen and oxygen atoms in total. The van der Waals surface area contributed by atoms with E-state index in [0.717, 1.165) is 11.4 Å². The van der Waals surface area contributed by atoms with Crippen LogP contribution in [0.4, 0.5) is 17.1 Å². The summed E-state index contributed by atoms with van der Waals surface area (Å²) in [5.74, 6) is 0. The highest BCUT2D eigenvalue weighted by atomic mass is 35.5. The van der Waals surface area contributed by atoms with Crippen LogP contribution in [0.5, 0.6) is 0 Å². The first-order chi connectivity index (χ1) is 8.19. The van der Waals surface area contributed by atoms with Crippen molar-refractivity contribution >= 4 is 28.7 Å². The largest absolute Gasteiger partial charge is 0.399 e. The van der Waals surface area contributed by atoms with Crippen molar-refractivity contribution in [1.29, 1.82) is 5.26 Å². The molecule has 2 aromatic rings. The Morgan fingerprint density at radius 3 is 2.47 bits per heavy atom. The normalized spacial score (nSPS) is 9.65. The molecule has 84 valence electrons. The van der Waals surface area contributed by atoms with Gasteiger partial charge in [-0.3, -0.25) is 0 Å². The molecule has 0 saturated heterocycles. The second-order valence-corrected chi connectivity index (χ2v) is 3.99. The van der Waals surface area contributed by atoms with Gasteiger partial charge in [0.25, 0.3) is 0 Å². The Labute approximate surface area is 104 Å². The lowest BCUT2D eigenvalue weighted by atomic mass is 10.2. The molecule has 2 aromatic carbocycles. The molecule has 0 aromatic heterocycles. The number of hydrogen-bond acceptors (Lipinski definition) is 3. The number of nitrogens with two attached hydrogens (primary N) is 1. The zero-order valence-corrected chi connectivity index (χ0v) is 9.70. The molecule has 4 heteroatoms. The molecule has 3 N–H and O–H groups in total. The van der Waals surface area contributed by atoms with Crippen LogP contribution in [-0.4, -0.2) is 0 Å². The van der Waals surface area contributed by atoms with Gasteiger partial charge in [-0.05, 0) is 42.5 Å². The summed E-state index contributed by atoms with van der Waals surface area (Å²) in [6.07, 6.45) is 0. The minimum atomic E-state index is 0.509. The molecule has 0 spiro atoms. The summed E-state index contributed by atoms with van der Waals surface area (Å²) in [6.45, 7) is 0. The first-order valence-electron chi connectivity index (χ1n) is 5.01. The van der Waals surface area contributed by atoms with E-state index in [4.69, 9.17) is 22.6 Å². The number of nitriles is 1. The highest BCUT2D eigenvalue weighted by Crippen LogP contribution is 2.24. The van der Waals surface area contributed by atoms with Gasteiger partial charge in [0.05, 0.1) is 11.3 Å². The molecule has 0 aliphatic carbocycles. The minimum absolute atomic E-state index is 0.509. The van der Waals surface area contributed by atoms with Crippen LogP contribution in [0.3, 0.4) is 0 Å². The lowest BCUT2D eigenvalue weighted by molar-refractivity contribution is 1.46. The zero-order chi connectivity index (χ0) is 12.3. The molecule has 17 heavy (non-hydrogen) atoms. The van der Waals surface area contributed by atoms with E-state index in [1.165, 1.54) is 0 Å². The molecule has 0 saturated carbocycles. The Hall–Kier alpha value is -2.18. The van der Waals surface area contributed by atoms with E-state index in [1.54, 1.807) is 30.3 Å². The molecule has 0 radical (unpaired) electrons. The van der Waals surface area contributed by atoms with E-state index >= 15 is 0 Å². The van der Waals surface area contributed by atoms with Crippen LogP contribution in [0.1, 0.15) is 5.56 Å². The van der Waals surface area contributed by atoms with Crippen molar-refractivity contribution in [2.45, 2.75) is 0 Å². The average molecular weight is 244 g/mol. The molecule has 0 aliphatic rings. The average Bonchev–Trinajstić information content (AvgIpc) is 2.34. The molecule has 0 heterocycles. The van der Waals surface area contributed by atoms with E-state index in [9.17, 15) is 0 Å². The lowest BCUT2D eigenvalue weighted by Gasteiger charge is -2.08. The van der Waals surface area contributed by atoms with E-state index in [1.807, 2.05) is 12.1 Å². The minimum Gasteiger partial charge on any atom is -0.399 e. The van der Waals surface area contributed by atoms with Crippen molar-refractivity contribution in [3.05, 3.63) is 53.1 Å². The van der Waals surface area contributed by atoms with Crippen LogP contribution in [0.2, 0.25) is 5.02 Å². The predicted octanol–water partition coefficient (Wildman–Crippen LogP) is 3.54. The molecule has 0 fully saturated rings.